The molecule has 0 bridgehead atoms. The highest BCUT2D eigenvalue weighted by Gasteiger charge is 2.10. The van der Waals surface area contributed by atoms with Crippen molar-refractivity contribution in [1.29, 1.82) is 0 Å². The minimum absolute atomic E-state index is 0.0623. The summed E-state index contributed by atoms with van der Waals surface area (Å²) in [5.41, 5.74) is 3.28. The van der Waals surface area contributed by atoms with Crippen LogP contribution < -0.4 is 10.6 Å². The molecule has 0 radical (unpaired) electrons. The summed E-state index contributed by atoms with van der Waals surface area (Å²) in [6.45, 7) is 3.49. The number of aryl methyl sites for hydroxylation is 1. The molecule has 0 atom stereocenters. The standard InChI is InChI=1S/C20H18N4O2/c1-13-6-8-16(9-7-13)23-20-21-11-10-18(24-20)19(26)22-17-5-3-4-15(12-17)14(2)25/h3-12H,1-2H3,(H,22,26)(H,21,23,24). The Labute approximate surface area is 151 Å². The molecule has 0 saturated carbocycles. The normalized spacial score (nSPS) is 10.2. The number of amides is 1. The van der Waals surface area contributed by atoms with Crippen LogP contribution in [-0.2, 0) is 0 Å². The van der Waals surface area contributed by atoms with Crippen molar-refractivity contribution in [3.05, 3.63) is 77.6 Å². The van der Waals surface area contributed by atoms with E-state index in [4.69, 9.17) is 0 Å². The molecule has 0 aliphatic rings. The third-order valence-corrected chi connectivity index (χ3v) is 3.72. The summed E-state index contributed by atoms with van der Waals surface area (Å²) in [7, 11) is 0. The topological polar surface area (TPSA) is 84.0 Å². The number of hydrogen-bond donors (Lipinski definition) is 2. The number of Topliss-reactive ketones (excluding diaryl/α,β-unsaturated/α-hetero) is 1. The molecule has 3 rings (SSSR count). The van der Waals surface area contributed by atoms with Crippen molar-refractivity contribution in [3.63, 3.8) is 0 Å². The largest absolute Gasteiger partial charge is 0.324 e. The molecule has 0 unspecified atom stereocenters. The van der Waals surface area contributed by atoms with Crippen LogP contribution in [-0.4, -0.2) is 21.7 Å². The number of rotatable bonds is 5. The monoisotopic (exact) mass is 346 g/mol. The van der Waals surface area contributed by atoms with Crippen LogP contribution in [0.1, 0.15) is 33.3 Å². The molecular formula is C20H18N4O2. The highest BCUT2D eigenvalue weighted by Crippen LogP contribution is 2.15. The minimum atomic E-state index is -0.375. The van der Waals surface area contributed by atoms with E-state index in [1.54, 1.807) is 24.3 Å². The fourth-order valence-corrected chi connectivity index (χ4v) is 2.32. The van der Waals surface area contributed by atoms with Gasteiger partial charge in [0.15, 0.2) is 5.78 Å². The van der Waals surface area contributed by atoms with Gasteiger partial charge in [0.05, 0.1) is 0 Å². The molecule has 1 aromatic heterocycles. The van der Waals surface area contributed by atoms with Crippen LogP contribution in [0.15, 0.2) is 60.8 Å². The number of anilines is 3. The SMILES string of the molecule is CC(=O)c1cccc(NC(=O)c2ccnc(Nc3ccc(C)cc3)n2)c1. The van der Waals surface area contributed by atoms with Gasteiger partial charge in [-0.1, -0.05) is 29.8 Å². The third-order valence-electron chi connectivity index (χ3n) is 3.72. The lowest BCUT2D eigenvalue weighted by atomic mass is 10.1. The molecule has 0 saturated heterocycles. The summed E-state index contributed by atoms with van der Waals surface area (Å²) < 4.78 is 0. The van der Waals surface area contributed by atoms with E-state index in [9.17, 15) is 9.59 Å². The second-order valence-corrected chi connectivity index (χ2v) is 5.85. The molecule has 3 aromatic rings. The maximum atomic E-state index is 12.4. The van der Waals surface area contributed by atoms with Crippen LogP contribution in [0, 0.1) is 6.92 Å². The maximum absolute atomic E-state index is 12.4. The van der Waals surface area contributed by atoms with E-state index in [0.29, 0.717) is 17.2 Å². The van der Waals surface area contributed by atoms with E-state index in [0.717, 1.165) is 11.3 Å². The Kier molecular flexibility index (Phi) is 5.03. The zero-order valence-electron chi connectivity index (χ0n) is 14.5. The zero-order valence-corrected chi connectivity index (χ0v) is 14.5. The number of ketones is 1. The average Bonchev–Trinajstić information content (AvgIpc) is 2.64. The first-order chi connectivity index (χ1) is 12.5. The molecule has 0 aliphatic carbocycles. The fraction of sp³-hybridized carbons (Fsp3) is 0.100. The van der Waals surface area contributed by atoms with Crippen LogP contribution in [0.3, 0.4) is 0 Å². The van der Waals surface area contributed by atoms with E-state index in [1.165, 1.54) is 19.2 Å². The first-order valence-electron chi connectivity index (χ1n) is 8.10. The molecule has 0 spiro atoms. The number of nitrogens with zero attached hydrogens (tertiary/aromatic N) is 2. The van der Waals surface area contributed by atoms with Crippen LogP contribution in [0.4, 0.5) is 17.3 Å². The molecule has 26 heavy (non-hydrogen) atoms. The fourth-order valence-electron chi connectivity index (χ4n) is 2.32. The van der Waals surface area contributed by atoms with Crippen molar-refractivity contribution in [1.82, 2.24) is 9.97 Å². The summed E-state index contributed by atoms with van der Waals surface area (Å²) >= 11 is 0. The number of benzene rings is 2. The van der Waals surface area contributed by atoms with Crippen LogP contribution in [0.2, 0.25) is 0 Å². The van der Waals surface area contributed by atoms with E-state index in [-0.39, 0.29) is 17.4 Å². The first kappa shape index (κ1) is 17.3. The molecule has 6 heteroatoms. The minimum Gasteiger partial charge on any atom is -0.324 e. The van der Waals surface area contributed by atoms with Crippen molar-refractivity contribution in [2.45, 2.75) is 13.8 Å². The Morgan fingerprint density at radius 3 is 2.46 bits per heavy atom. The number of carbonyl (C=O) groups is 2. The van der Waals surface area contributed by atoms with Gasteiger partial charge in [0, 0.05) is 23.1 Å². The number of hydrogen-bond acceptors (Lipinski definition) is 5. The van der Waals surface area contributed by atoms with Gasteiger partial charge in [-0.25, -0.2) is 9.97 Å². The van der Waals surface area contributed by atoms with Crippen LogP contribution in [0.25, 0.3) is 0 Å². The predicted octanol–water partition coefficient (Wildman–Crippen LogP) is 3.98. The van der Waals surface area contributed by atoms with E-state index in [2.05, 4.69) is 20.6 Å². The molecule has 130 valence electrons. The summed E-state index contributed by atoms with van der Waals surface area (Å²) in [6.07, 6.45) is 1.52. The summed E-state index contributed by atoms with van der Waals surface area (Å²) in [6, 6.07) is 16.1. The van der Waals surface area contributed by atoms with Crippen LogP contribution in [0.5, 0.6) is 0 Å². The van der Waals surface area contributed by atoms with Gasteiger partial charge in [-0.3, -0.25) is 9.59 Å². The lowest BCUT2D eigenvalue weighted by Gasteiger charge is -2.08. The van der Waals surface area contributed by atoms with E-state index in [1.807, 2.05) is 31.2 Å². The zero-order chi connectivity index (χ0) is 18.5. The molecular weight excluding hydrogens is 328 g/mol. The Bertz CT molecular complexity index is 952. The first-order valence-corrected chi connectivity index (χ1v) is 8.10. The lowest BCUT2D eigenvalue weighted by molar-refractivity contribution is 0.100. The highest BCUT2D eigenvalue weighted by atomic mass is 16.2. The quantitative estimate of drug-likeness (QED) is 0.683. The van der Waals surface area contributed by atoms with Crippen molar-refractivity contribution in [3.8, 4) is 0 Å². The molecule has 2 N–H and O–H groups in total. The van der Waals surface area contributed by atoms with Gasteiger partial charge >= 0.3 is 0 Å². The highest BCUT2D eigenvalue weighted by molar-refractivity contribution is 6.04. The Balaban J connectivity index is 1.74. The van der Waals surface area contributed by atoms with Crippen molar-refractivity contribution in [2.24, 2.45) is 0 Å². The summed E-state index contributed by atoms with van der Waals surface area (Å²) in [5, 5.41) is 5.81. The van der Waals surface area contributed by atoms with Gasteiger partial charge in [-0.15, -0.1) is 0 Å². The van der Waals surface area contributed by atoms with E-state index < -0.39 is 0 Å². The number of aromatic nitrogens is 2. The third kappa shape index (κ3) is 4.30. The molecule has 2 aromatic carbocycles. The van der Waals surface area contributed by atoms with Crippen LogP contribution >= 0.6 is 0 Å². The summed E-state index contributed by atoms with van der Waals surface area (Å²) in [4.78, 5) is 32.3. The maximum Gasteiger partial charge on any atom is 0.274 e. The Morgan fingerprint density at radius 2 is 1.73 bits per heavy atom. The van der Waals surface area contributed by atoms with Gasteiger partial charge in [-0.05, 0) is 44.2 Å². The predicted molar refractivity (Wildman–Crippen MR) is 101 cm³/mol. The molecule has 1 heterocycles. The Morgan fingerprint density at radius 1 is 0.962 bits per heavy atom. The number of nitrogens with one attached hydrogen (secondary N) is 2. The molecule has 6 nitrogen and oxygen atoms in total. The molecule has 0 aliphatic heterocycles. The molecule has 0 fully saturated rings. The second-order valence-electron chi connectivity index (χ2n) is 5.85. The Hall–Kier alpha value is -3.54. The summed E-state index contributed by atoms with van der Waals surface area (Å²) in [5.74, 6) is -0.105. The lowest BCUT2D eigenvalue weighted by Crippen LogP contribution is -2.15. The van der Waals surface area contributed by atoms with Gasteiger partial charge in [0.2, 0.25) is 5.95 Å². The van der Waals surface area contributed by atoms with Crippen molar-refractivity contribution < 1.29 is 9.59 Å². The number of carbonyl (C=O) groups excluding carboxylic acids is 2. The van der Waals surface area contributed by atoms with Crippen molar-refractivity contribution >= 4 is 29.0 Å². The molecule has 1 amide bonds. The smallest absolute Gasteiger partial charge is 0.274 e. The van der Waals surface area contributed by atoms with Gasteiger partial charge in [0.25, 0.3) is 5.91 Å². The average molecular weight is 346 g/mol. The van der Waals surface area contributed by atoms with Gasteiger partial charge < -0.3 is 10.6 Å². The second kappa shape index (κ2) is 7.57. The van der Waals surface area contributed by atoms with E-state index >= 15 is 0 Å². The van der Waals surface area contributed by atoms with Gasteiger partial charge in [0.1, 0.15) is 5.69 Å². The van der Waals surface area contributed by atoms with Gasteiger partial charge in [-0.2, -0.15) is 0 Å². The van der Waals surface area contributed by atoms with Crippen molar-refractivity contribution in [2.75, 3.05) is 10.6 Å².